The van der Waals surface area contributed by atoms with Crippen LogP contribution in [0.5, 0.6) is 0 Å². The lowest BCUT2D eigenvalue weighted by atomic mass is 10.3. The molecule has 0 aromatic carbocycles. The van der Waals surface area contributed by atoms with Gasteiger partial charge in [0.05, 0.1) is 12.6 Å². The van der Waals surface area contributed by atoms with Crippen LogP contribution in [0.2, 0.25) is 0 Å². The highest BCUT2D eigenvalue weighted by Gasteiger charge is 2.25. The highest BCUT2D eigenvalue weighted by Crippen LogP contribution is 2.20. The first kappa shape index (κ1) is 14.2. The van der Waals surface area contributed by atoms with Gasteiger partial charge in [-0.3, -0.25) is 4.79 Å². The van der Waals surface area contributed by atoms with E-state index in [0.29, 0.717) is 0 Å². The van der Waals surface area contributed by atoms with Gasteiger partial charge in [0.2, 0.25) is 0 Å². The van der Waals surface area contributed by atoms with Crippen molar-refractivity contribution in [3.8, 4) is 0 Å². The van der Waals surface area contributed by atoms with E-state index in [-0.39, 0.29) is 25.6 Å². The second kappa shape index (κ2) is 6.66. The molecule has 0 aromatic heterocycles. The summed E-state index contributed by atoms with van der Waals surface area (Å²) < 4.78 is 39.9. The summed E-state index contributed by atoms with van der Waals surface area (Å²) in [7, 11) is 0. The van der Waals surface area contributed by atoms with Crippen LogP contribution in [0.1, 0.15) is 26.7 Å². The molecule has 1 N–H and O–H groups in total. The average molecular weight is 227 g/mol. The molecule has 0 radical (unpaired) electrons. The smallest absolute Gasteiger partial charge is 0.389 e. The van der Waals surface area contributed by atoms with Gasteiger partial charge in [0, 0.05) is 6.42 Å². The molecule has 0 aliphatic carbocycles. The summed E-state index contributed by atoms with van der Waals surface area (Å²) in [6.07, 6.45) is -5.19. The van der Waals surface area contributed by atoms with Crippen molar-refractivity contribution >= 4 is 5.97 Å². The summed E-state index contributed by atoms with van der Waals surface area (Å²) in [4.78, 5) is 10.9. The van der Waals surface area contributed by atoms with Gasteiger partial charge in [-0.15, -0.1) is 0 Å². The van der Waals surface area contributed by atoms with E-state index < -0.39 is 18.6 Å². The summed E-state index contributed by atoms with van der Waals surface area (Å²) in [6.45, 7) is 3.53. The van der Waals surface area contributed by atoms with Crippen molar-refractivity contribution in [3.05, 3.63) is 0 Å². The molecule has 0 unspecified atom stereocenters. The third-order valence-electron chi connectivity index (χ3n) is 1.45. The Morgan fingerprint density at radius 3 is 2.47 bits per heavy atom. The van der Waals surface area contributed by atoms with Gasteiger partial charge >= 0.3 is 12.1 Å². The van der Waals surface area contributed by atoms with E-state index in [4.69, 9.17) is 4.74 Å². The minimum atomic E-state index is -4.12. The first-order valence-corrected chi connectivity index (χ1v) is 4.78. The molecule has 0 aromatic rings. The summed E-state index contributed by atoms with van der Waals surface area (Å²) in [5.41, 5.74) is 0. The highest BCUT2D eigenvalue weighted by atomic mass is 19.4. The molecule has 0 fully saturated rings. The fraction of sp³-hybridized carbons (Fsp3) is 0.889. The molecule has 0 aliphatic heterocycles. The van der Waals surface area contributed by atoms with Crippen molar-refractivity contribution in [3.63, 3.8) is 0 Å². The van der Waals surface area contributed by atoms with Crippen molar-refractivity contribution in [2.75, 3.05) is 13.1 Å². The molecule has 6 heteroatoms. The molecule has 0 aliphatic rings. The van der Waals surface area contributed by atoms with Crippen molar-refractivity contribution in [2.24, 2.45) is 0 Å². The molecule has 0 saturated heterocycles. The number of esters is 1. The molecule has 90 valence electrons. The van der Waals surface area contributed by atoms with Gasteiger partial charge < -0.3 is 10.1 Å². The van der Waals surface area contributed by atoms with Gasteiger partial charge in [-0.2, -0.15) is 13.2 Å². The zero-order chi connectivity index (χ0) is 11.9. The van der Waals surface area contributed by atoms with E-state index in [1.54, 1.807) is 13.8 Å². The molecule has 0 bridgehead atoms. The van der Waals surface area contributed by atoms with Gasteiger partial charge in [0.15, 0.2) is 0 Å². The number of halogens is 3. The Labute approximate surface area is 87.0 Å². The van der Waals surface area contributed by atoms with E-state index in [0.717, 1.165) is 0 Å². The Hall–Kier alpha value is -0.780. The Kier molecular flexibility index (Phi) is 6.31. The van der Waals surface area contributed by atoms with Crippen molar-refractivity contribution in [2.45, 2.75) is 39.0 Å². The number of ether oxygens (including phenoxy) is 1. The molecular weight excluding hydrogens is 211 g/mol. The van der Waals surface area contributed by atoms with E-state index in [9.17, 15) is 18.0 Å². The zero-order valence-corrected chi connectivity index (χ0v) is 8.86. The number of alkyl halides is 3. The first-order valence-electron chi connectivity index (χ1n) is 4.78. The van der Waals surface area contributed by atoms with Crippen LogP contribution < -0.4 is 5.32 Å². The maximum Gasteiger partial charge on any atom is 0.389 e. The fourth-order valence-electron chi connectivity index (χ4n) is 0.909. The van der Waals surface area contributed by atoms with E-state index >= 15 is 0 Å². The van der Waals surface area contributed by atoms with E-state index in [1.165, 1.54) is 0 Å². The normalized spacial score (nSPS) is 11.9. The van der Waals surface area contributed by atoms with Gasteiger partial charge in [-0.1, -0.05) is 0 Å². The molecule has 0 spiro atoms. The van der Waals surface area contributed by atoms with Crippen LogP contribution in [0.25, 0.3) is 0 Å². The van der Waals surface area contributed by atoms with Crippen LogP contribution in [0, 0.1) is 0 Å². The maximum absolute atomic E-state index is 11.7. The molecule has 0 heterocycles. The second-order valence-electron chi connectivity index (χ2n) is 3.43. The Morgan fingerprint density at radius 2 is 2.00 bits per heavy atom. The van der Waals surface area contributed by atoms with E-state index in [2.05, 4.69) is 5.32 Å². The van der Waals surface area contributed by atoms with Gasteiger partial charge in [0.25, 0.3) is 0 Å². The topological polar surface area (TPSA) is 38.3 Å². The Morgan fingerprint density at radius 1 is 1.40 bits per heavy atom. The second-order valence-corrected chi connectivity index (χ2v) is 3.43. The molecular formula is C9H16F3NO2. The van der Waals surface area contributed by atoms with Gasteiger partial charge in [-0.25, -0.2) is 0 Å². The van der Waals surface area contributed by atoms with Crippen LogP contribution in [0.4, 0.5) is 13.2 Å². The molecule has 0 rings (SSSR count). The van der Waals surface area contributed by atoms with E-state index in [1.807, 2.05) is 0 Å². The van der Waals surface area contributed by atoms with Gasteiger partial charge in [0.1, 0.15) is 0 Å². The van der Waals surface area contributed by atoms with Crippen LogP contribution in [-0.2, 0) is 9.53 Å². The van der Waals surface area contributed by atoms with Crippen LogP contribution in [0.15, 0.2) is 0 Å². The first-order chi connectivity index (χ1) is 6.81. The predicted molar refractivity (Wildman–Crippen MR) is 49.4 cm³/mol. The molecule has 0 amide bonds. The van der Waals surface area contributed by atoms with Crippen LogP contribution >= 0.6 is 0 Å². The lowest BCUT2D eigenvalue weighted by molar-refractivity contribution is -0.146. The minimum Gasteiger partial charge on any atom is -0.462 e. The van der Waals surface area contributed by atoms with Gasteiger partial charge in [-0.05, 0) is 26.8 Å². The number of carbonyl (C=O) groups is 1. The van der Waals surface area contributed by atoms with Crippen molar-refractivity contribution in [1.82, 2.24) is 5.32 Å². The largest absolute Gasteiger partial charge is 0.462 e. The molecule has 15 heavy (non-hydrogen) atoms. The summed E-state index contributed by atoms with van der Waals surface area (Å²) in [6, 6.07) is 0. The van der Waals surface area contributed by atoms with Crippen molar-refractivity contribution < 1.29 is 22.7 Å². The number of hydrogen-bond acceptors (Lipinski definition) is 3. The number of rotatable bonds is 6. The Bertz CT molecular complexity index is 192. The number of hydrogen-bond donors (Lipinski definition) is 1. The summed E-state index contributed by atoms with van der Waals surface area (Å²) in [5.74, 6) is -0.447. The number of nitrogens with one attached hydrogen (secondary N) is 1. The fourth-order valence-corrected chi connectivity index (χ4v) is 0.909. The monoisotopic (exact) mass is 227 g/mol. The molecule has 0 saturated carbocycles. The molecule has 3 nitrogen and oxygen atoms in total. The third-order valence-corrected chi connectivity index (χ3v) is 1.45. The zero-order valence-electron chi connectivity index (χ0n) is 8.86. The maximum atomic E-state index is 11.7. The third kappa shape index (κ3) is 11.1. The highest BCUT2D eigenvalue weighted by molar-refractivity contribution is 5.71. The lowest BCUT2D eigenvalue weighted by Crippen LogP contribution is -2.28. The van der Waals surface area contributed by atoms with Crippen molar-refractivity contribution in [1.29, 1.82) is 0 Å². The SMILES string of the molecule is CC(C)OC(=O)CNCCCC(F)(F)F. The van der Waals surface area contributed by atoms with Crippen LogP contribution in [-0.4, -0.2) is 31.3 Å². The summed E-state index contributed by atoms with van der Waals surface area (Å²) in [5, 5.41) is 2.59. The quantitative estimate of drug-likeness (QED) is 0.556. The Balaban J connectivity index is 3.35. The summed E-state index contributed by atoms with van der Waals surface area (Å²) >= 11 is 0. The van der Waals surface area contributed by atoms with Crippen LogP contribution in [0.3, 0.4) is 0 Å². The minimum absolute atomic E-state index is 0.0293. The lowest BCUT2D eigenvalue weighted by Gasteiger charge is -2.09. The predicted octanol–water partition coefficient (Wildman–Crippen LogP) is 1.87. The average Bonchev–Trinajstić information content (AvgIpc) is 1.99. The molecule has 0 atom stereocenters. The number of carbonyl (C=O) groups excluding carboxylic acids is 1. The standard InChI is InChI=1S/C9H16F3NO2/c1-7(2)15-8(14)6-13-5-3-4-9(10,11)12/h7,13H,3-6H2,1-2H3.